The lowest BCUT2D eigenvalue weighted by Crippen LogP contribution is -2.26. The predicted octanol–water partition coefficient (Wildman–Crippen LogP) is 3.40. The summed E-state index contributed by atoms with van der Waals surface area (Å²) in [7, 11) is 1.65. The molecule has 1 atom stereocenters. The van der Waals surface area contributed by atoms with Gasteiger partial charge in [-0.1, -0.05) is 17.4 Å². The van der Waals surface area contributed by atoms with Crippen molar-refractivity contribution in [1.82, 2.24) is 19.5 Å². The highest BCUT2D eigenvalue weighted by atomic mass is 32.1. The monoisotopic (exact) mass is 388 g/mol. The molecule has 0 saturated carbocycles. The summed E-state index contributed by atoms with van der Waals surface area (Å²) in [6.07, 6.45) is 2.32. The lowest BCUT2D eigenvalue weighted by molar-refractivity contribution is 0.274. The number of thiazole rings is 1. The molecular formula is C19H24N4O3S. The molecule has 0 bridgehead atoms. The number of benzene rings is 1. The van der Waals surface area contributed by atoms with Crippen molar-refractivity contribution >= 4 is 16.3 Å². The molecule has 1 fully saturated rings. The lowest BCUT2D eigenvalue weighted by atomic mass is 10.0. The zero-order valence-corrected chi connectivity index (χ0v) is 16.6. The maximum atomic E-state index is 10.8. The first-order chi connectivity index (χ1) is 13.1. The van der Waals surface area contributed by atoms with Crippen LogP contribution in [0.5, 0.6) is 17.4 Å². The molecule has 1 aromatic carbocycles. The zero-order valence-electron chi connectivity index (χ0n) is 15.8. The molecule has 144 valence electrons. The molecule has 0 radical (unpaired) electrons. The number of nitrogens with zero attached hydrogens (tertiary/aromatic N) is 4. The summed E-state index contributed by atoms with van der Waals surface area (Å²) in [6.45, 7) is 6.35. The minimum Gasteiger partial charge on any atom is -0.493 e. The fraction of sp³-hybridized carbons (Fsp3) is 0.474. The first-order valence-electron chi connectivity index (χ1n) is 9.22. The third kappa shape index (κ3) is 3.23. The van der Waals surface area contributed by atoms with Crippen LogP contribution >= 0.6 is 11.3 Å². The number of fused-ring (bicyclic) bond motifs is 1. The number of aromatic nitrogens is 3. The maximum absolute atomic E-state index is 10.8. The molecule has 3 aromatic rings. The number of aromatic hydroxyl groups is 1. The normalized spacial score (nSPS) is 16.1. The Morgan fingerprint density at radius 2 is 2.04 bits per heavy atom. The first kappa shape index (κ1) is 18.1. The Labute approximate surface area is 162 Å². The number of ether oxygens (including phenoxy) is 2. The van der Waals surface area contributed by atoms with Crippen LogP contribution in [-0.2, 0) is 0 Å². The molecule has 8 heteroatoms. The summed E-state index contributed by atoms with van der Waals surface area (Å²) in [5, 5.41) is 15.2. The van der Waals surface area contributed by atoms with Crippen LogP contribution in [0.25, 0.3) is 4.96 Å². The molecule has 1 saturated heterocycles. The molecule has 0 spiro atoms. The van der Waals surface area contributed by atoms with E-state index in [1.807, 2.05) is 26.0 Å². The van der Waals surface area contributed by atoms with Crippen molar-refractivity contribution in [3.8, 4) is 17.4 Å². The molecule has 27 heavy (non-hydrogen) atoms. The Morgan fingerprint density at radius 3 is 2.70 bits per heavy atom. The Morgan fingerprint density at radius 1 is 1.26 bits per heavy atom. The van der Waals surface area contributed by atoms with Gasteiger partial charge in [-0.3, -0.25) is 4.90 Å². The average Bonchev–Trinajstić information content (AvgIpc) is 3.37. The minimum atomic E-state index is -0.0640. The van der Waals surface area contributed by atoms with Gasteiger partial charge in [0.15, 0.2) is 11.5 Å². The van der Waals surface area contributed by atoms with E-state index in [9.17, 15) is 5.11 Å². The molecule has 1 aliphatic heterocycles. The van der Waals surface area contributed by atoms with Crippen LogP contribution < -0.4 is 9.47 Å². The van der Waals surface area contributed by atoms with E-state index in [0.717, 1.165) is 42.1 Å². The van der Waals surface area contributed by atoms with Crippen LogP contribution in [0, 0.1) is 6.92 Å². The van der Waals surface area contributed by atoms with Crippen molar-refractivity contribution in [2.24, 2.45) is 0 Å². The van der Waals surface area contributed by atoms with E-state index in [0.29, 0.717) is 23.1 Å². The molecule has 1 N–H and O–H groups in total. The summed E-state index contributed by atoms with van der Waals surface area (Å²) in [6, 6.07) is 5.94. The van der Waals surface area contributed by atoms with E-state index in [-0.39, 0.29) is 11.9 Å². The van der Waals surface area contributed by atoms with Crippen LogP contribution in [0.3, 0.4) is 0 Å². The molecule has 0 aliphatic carbocycles. The third-order valence-corrected chi connectivity index (χ3v) is 5.94. The average molecular weight is 388 g/mol. The molecule has 4 rings (SSSR count). The van der Waals surface area contributed by atoms with Crippen molar-refractivity contribution in [3.05, 3.63) is 34.5 Å². The van der Waals surface area contributed by atoms with E-state index in [2.05, 4.69) is 21.0 Å². The van der Waals surface area contributed by atoms with Gasteiger partial charge in [0, 0.05) is 0 Å². The smallest absolute Gasteiger partial charge is 0.230 e. The zero-order chi connectivity index (χ0) is 19.0. The summed E-state index contributed by atoms with van der Waals surface area (Å²) in [4.78, 5) is 8.38. The largest absolute Gasteiger partial charge is 0.493 e. The lowest BCUT2D eigenvalue weighted by Gasteiger charge is -2.27. The summed E-state index contributed by atoms with van der Waals surface area (Å²) >= 11 is 1.49. The van der Waals surface area contributed by atoms with E-state index in [4.69, 9.17) is 9.47 Å². The van der Waals surface area contributed by atoms with Gasteiger partial charge in [-0.25, -0.2) is 4.98 Å². The quantitative estimate of drug-likeness (QED) is 0.698. The van der Waals surface area contributed by atoms with Crippen molar-refractivity contribution in [1.29, 1.82) is 0 Å². The third-order valence-electron chi connectivity index (χ3n) is 4.86. The number of methoxy groups -OCH3 is 1. The summed E-state index contributed by atoms with van der Waals surface area (Å²) < 4.78 is 12.7. The van der Waals surface area contributed by atoms with Crippen LogP contribution in [0.4, 0.5) is 0 Å². The Hall–Kier alpha value is -2.32. The van der Waals surface area contributed by atoms with E-state index in [1.54, 1.807) is 7.11 Å². The molecule has 1 aliphatic rings. The molecule has 0 amide bonds. The van der Waals surface area contributed by atoms with E-state index < -0.39 is 0 Å². The van der Waals surface area contributed by atoms with Crippen LogP contribution in [0.1, 0.15) is 42.1 Å². The van der Waals surface area contributed by atoms with Crippen molar-refractivity contribution in [2.75, 3.05) is 26.8 Å². The van der Waals surface area contributed by atoms with Gasteiger partial charge in [0.05, 0.1) is 24.6 Å². The highest BCUT2D eigenvalue weighted by Crippen LogP contribution is 2.43. The van der Waals surface area contributed by atoms with Crippen molar-refractivity contribution < 1.29 is 14.6 Å². The van der Waals surface area contributed by atoms with Crippen LogP contribution in [0.2, 0.25) is 0 Å². The summed E-state index contributed by atoms with van der Waals surface area (Å²) in [5.41, 5.74) is 1.06. The molecule has 3 heterocycles. The first-order valence-corrected chi connectivity index (χ1v) is 10.0. The highest BCUT2D eigenvalue weighted by molar-refractivity contribution is 7.17. The standard InChI is InChI=1S/C19H24N4O3S/c1-4-26-14-8-7-13(11-15(14)25-3)16(22-9-5-6-10-22)17-18(24)23-19(27-17)20-12(2)21-23/h7-8,11,16,24H,4-6,9-10H2,1-3H3/t16-/m0/s1. The second kappa shape index (κ2) is 7.36. The number of likely N-dealkylation sites (tertiary alicyclic amines) is 1. The second-order valence-electron chi connectivity index (χ2n) is 6.63. The van der Waals surface area contributed by atoms with Crippen molar-refractivity contribution in [3.63, 3.8) is 0 Å². The Kier molecular flexibility index (Phi) is 4.92. The highest BCUT2D eigenvalue weighted by Gasteiger charge is 2.31. The van der Waals surface area contributed by atoms with Gasteiger partial charge >= 0.3 is 0 Å². The number of hydrogen-bond acceptors (Lipinski definition) is 7. The van der Waals surface area contributed by atoms with Gasteiger partial charge in [-0.15, -0.1) is 5.10 Å². The van der Waals surface area contributed by atoms with Gasteiger partial charge < -0.3 is 14.6 Å². The van der Waals surface area contributed by atoms with Crippen molar-refractivity contribution in [2.45, 2.75) is 32.7 Å². The maximum Gasteiger partial charge on any atom is 0.230 e. The SMILES string of the molecule is CCOc1ccc([C@@H](c2sc3nc(C)nn3c2O)N2CCCC2)cc1OC. The van der Waals surface area contributed by atoms with Gasteiger partial charge in [0.1, 0.15) is 5.82 Å². The minimum absolute atomic E-state index is 0.0640. The molecule has 0 unspecified atom stereocenters. The fourth-order valence-corrected chi connectivity index (χ4v) is 4.85. The number of hydrogen-bond donors (Lipinski definition) is 1. The molecular weight excluding hydrogens is 364 g/mol. The van der Waals surface area contributed by atoms with Gasteiger partial charge in [-0.2, -0.15) is 4.52 Å². The second-order valence-corrected chi connectivity index (χ2v) is 7.64. The molecule has 7 nitrogen and oxygen atoms in total. The number of rotatable bonds is 6. The van der Waals surface area contributed by atoms with Gasteiger partial charge in [0.2, 0.25) is 10.8 Å². The predicted molar refractivity (Wildman–Crippen MR) is 104 cm³/mol. The number of aryl methyl sites for hydroxylation is 1. The van der Waals surface area contributed by atoms with E-state index >= 15 is 0 Å². The fourth-order valence-electron chi connectivity index (χ4n) is 3.68. The van der Waals surface area contributed by atoms with Gasteiger partial charge in [0.25, 0.3) is 0 Å². The summed E-state index contributed by atoms with van der Waals surface area (Å²) in [5.74, 6) is 2.25. The van der Waals surface area contributed by atoms with Crippen LogP contribution in [-0.4, -0.2) is 51.4 Å². The Bertz CT molecular complexity index is 946. The van der Waals surface area contributed by atoms with E-state index in [1.165, 1.54) is 15.9 Å². The Balaban J connectivity index is 1.81. The van der Waals surface area contributed by atoms with Crippen LogP contribution in [0.15, 0.2) is 18.2 Å². The molecule has 2 aromatic heterocycles. The topological polar surface area (TPSA) is 72.1 Å². The van der Waals surface area contributed by atoms with Gasteiger partial charge in [-0.05, 0) is 57.5 Å².